The van der Waals surface area contributed by atoms with Gasteiger partial charge in [-0.15, -0.1) is 0 Å². The molecule has 0 spiro atoms. The molecular formula is C16H22N6O. The Morgan fingerprint density at radius 3 is 2.43 bits per heavy atom. The lowest BCUT2D eigenvalue weighted by Gasteiger charge is -2.32. The van der Waals surface area contributed by atoms with Crippen LogP contribution in [0.3, 0.4) is 0 Å². The zero-order valence-corrected chi connectivity index (χ0v) is 13.8. The first-order valence-electron chi connectivity index (χ1n) is 7.89. The number of nitrogens with one attached hydrogen (secondary N) is 1. The fourth-order valence-electron chi connectivity index (χ4n) is 2.87. The molecule has 0 aromatic carbocycles. The molecule has 23 heavy (non-hydrogen) atoms. The van der Waals surface area contributed by atoms with E-state index >= 15 is 0 Å². The molecule has 2 aromatic heterocycles. The van der Waals surface area contributed by atoms with Gasteiger partial charge in [0.05, 0.1) is 0 Å². The SMILES string of the molecule is Cc1cc(C)nc(N2CCC(NC(=O)c3ccn(C)n3)CC2)n1. The quantitative estimate of drug-likeness (QED) is 0.922. The van der Waals surface area contributed by atoms with Gasteiger partial charge in [-0.3, -0.25) is 9.48 Å². The van der Waals surface area contributed by atoms with Crippen molar-refractivity contribution in [2.24, 2.45) is 7.05 Å². The fourth-order valence-corrected chi connectivity index (χ4v) is 2.87. The van der Waals surface area contributed by atoms with Gasteiger partial charge in [-0.2, -0.15) is 5.10 Å². The van der Waals surface area contributed by atoms with Crippen molar-refractivity contribution in [2.75, 3.05) is 18.0 Å². The van der Waals surface area contributed by atoms with Crippen LogP contribution < -0.4 is 10.2 Å². The summed E-state index contributed by atoms with van der Waals surface area (Å²) in [4.78, 5) is 23.3. The predicted molar refractivity (Wildman–Crippen MR) is 87.4 cm³/mol. The molecule has 3 rings (SSSR count). The third-order valence-corrected chi connectivity index (χ3v) is 4.03. The summed E-state index contributed by atoms with van der Waals surface area (Å²) in [6.07, 6.45) is 3.54. The summed E-state index contributed by atoms with van der Waals surface area (Å²) in [5.41, 5.74) is 2.43. The summed E-state index contributed by atoms with van der Waals surface area (Å²) >= 11 is 0. The molecule has 0 saturated carbocycles. The van der Waals surface area contributed by atoms with Gasteiger partial charge in [-0.25, -0.2) is 9.97 Å². The zero-order valence-electron chi connectivity index (χ0n) is 13.8. The van der Waals surface area contributed by atoms with Crippen molar-refractivity contribution in [2.45, 2.75) is 32.7 Å². The number of amides is 1. The Labute approximate surface area is 135 Å². The van der Waals surface area contributed by atoms with Gasteiger partial charge >= 0.3 is 0 Å². The van der Waals surface area contributed by atoms with Gasteiger partial charge in [0, 0.05) is 43.8 Å². The van der Waals surface area contributed by atoms with Crippen LogP contribution in [0.5, 0.6) is 0 Å². The number of carbonyl (C=O) groups is 1. The number of piperidine rings is 1. The highest BCUT2D eigenvalue weighted by Crippen LogP contribution is 2.17. The molecule has 0 aliphatic carbocycles. The zero-order chi connectivity index (χ0) is 16.4. The summed E-state index contributed by atoms with van der Waals surface area (Å²) in [7, 11) is 1.80. The predicted octanol–water partition coefficient (Wildman–Crippen LogP) is 1.23. The van der Waals surface area contributed by atoms with Gasteiger partial charge < -0.3 is 10.2 Å². The smallest absolute Gasteiger partial charge is 0.271 e. The van der Waals surface area contributed by atoms with Crippen LogP contribution in [0.4, 0.5) is 5.95 Å². The number of anilines is 1. The largest absolute Gasteiger partial charge is 0.348 e. The summed E-state index contributed by atoms with van der Waals surface area (Å²) in [6, 6.07) is 3.88. The molecule has 122 valence electrons. The van der Waals surface area contributed by atoms with Gasteiger partial charge in [0.1, 0.15) is 5.69 Å². The van der Waals surface area contributed by atoms with Crippen LogP contribution in [0.15, 0.2) is 18.3 Å². The minimum absolute atomic E-state index is 0.105. The average Bonchev–Trinajstić information content (AvgIpc) is 2.94. The highest BCUT2D eigenvalue weighted by Gasteiger charge is 2.23. The molecule has 1 aliphatic heterocycles. The monoisotopic (exact) mass is 314 g/mol. The highest BCUT2D eigenvalue weighted by molar-refractivity contribution is 5.92. The minimum Gasteiger partial charge on any atom is -0.348 e. The molecule has 2 aromatic rings. The van der Waals surface area contributed by atoms with Crippen LogP contribution in [-0.4, -0.2) is 44.8 Å². The van der Waals surface area contributed by atoms with Gasteiger partial charge in [-0.05, 0) is 38.8 Å². The number of rotatable bonds is 3. The Morgan fingerprint density at radius 2 is 1.87 bits per heavy atom. The van der Waals surface area contributed by atoms with E-state index in [2.05, 4.69) is 25.3 Å². The van der Waals surface area contributed by atoms with E-state index in [9.17, 15) is 4.79 Å². The summed E-state index contributed by atoms with van der Waals surface area (Å²) < 4.78 is 1.63. The van der Waals surface area contributed by atoms with Crippen molar-refractivity contribution >= 4 is 11.9 Å². The Kier molecular flexibility index (Phi) is 4.27. The normalized spacial score (nSPS) is 15.7. The van der Waals surface area contributed by atoms with E-state index in [-0.39, 0.29) is 11.9 Å². The molecule has 1 N–H and O–H groups in total. The summed E-state index contributed by atoms with van der Waals surface area (Å²) in [5, 5.41) is 7.19. The Bertz CT molecular complexity index is 682. The van der Waals surface area contributed by atoms with Gasteiger partial charge in [0.25, 0.3) is 5.91 Å². The maximum absolute atomic E-state index is 12.1. The first kappa shape index (κ1) is 15.5. The number of hydrogen-bond donors (Lipinski definition) is 1. The van der Waals surface area contributed by atoms with Crippen molar-refractivity contribution in [1.29, 1.82) is 0 Å². The Hall–Kier alpha value is -2.44. The van der Waals surface area contributed by atoms with Crippen LogP contribution in [0.2, 0.25) is 0 Å². The van der Waals surface area contributed by atoms with Crippen molar-refractivity contribution < 1.29 is 4.79 Å². The average molecular weight is 314 g/mol. The van der Waals surface area contributed by atoms with Gasteiger partial charge in [0.2, 0.25) is 5.95 Å². The second-order valence-corrected chi connectivity index (χ2v) is 6.06. The molecule has 1 amide bonds. The highest BCUT2D eigenvalue weighted by atomic mass is 16.2. The van der Waals surface area contributed by atoms with Crippen molar-refractivity contribution in [3.63, 3.8) is 0 Å². The molecule has 0 radical (unpaired) electrons. The van der Waals surface area contributed by atoms with E-state index in [1.807, 2.05) is 19.9 Å². The van der Waals surface area contributed by atoms with Crippen molar-refractivity contribution in [1.82, 2.24) is 25.1 Å². The van der Waals surface area contributed by atoms with E-state index in [1.54, 1.807) is 24.0 Å². The van der Waals surface area contributed by atoms with Crippen LogP contribution in [0.1, 0.15) is 34.7 Å². The molecule has 1 saturated heterocycles. The molecule has 0 unspecified atom stereocenters. The standard InChI is InChI=1S/C16H22N6O/c1-11-10-12(2)18-16(17-11)22-8-4-13(5-9-22)19-15(23)14-6-7-21(3)20-14/h6-7,10,13H,4-5,8-9H2,1-3H3,(H,19,23). The second kappa shape index (κ2) is 6.36. The number of aryl methyl sites for hydroxylation is 3. The molecule has 1 fully saturated rings. The minimum atomic E-state index is -0.105. The van der Waals surface area contributed by atoms with Crippen LogP contribution >= 0.6 is 0 Å². The number of nitrogens with zero attached hydrogens (tertiary/aromatic N) is 5. The number of aromatic nitrogens is 4. The number of hydrogen-bond acceptors (Lipinski definition) is 5. The van der Waals surface area contributed by atoms with Crippen LogP contribution in [0, 0.1) is 13.8 Å². The number of carbonyl (C=O) groups excluding carboxylic acids is 1. The topological polar surface area (TPSA) is 75.9 Å². The lowest BCUT2D eigenvalue weighted by atomic mass is 10.1. The molecule has 0 atom stereocenters. The maximum atomic E-state index is 12.1. The van der Waals surface area contributed by atoms with E-state index in [4.69, 9.17) is 0 Å². The van der Waals surface area contributed by atoms with Gasteiger partial charge in [-0.1, -0.05) is 0 Å². The van der Waals surface area contributed by atoms with Crippen LogP contribution in [0.25, 0.3) is 0 Å². The lowest BCUT2D eigenvalue weighted by Crippen LogP contribution is -2.45. The molecule has 7 heteroatoms. The van der Waals surface area contributed by atoms with E-state index in [1.165, 1.54) is 0 Å². The molecular weight excluding hydrogens is 292 g/mol. The van der Waals surface area contributed by atoms with E-state index < -0.39 is 0 Å². The molecule has 7 nitrogen and oxygen atoms in total. The van der Waals surface area contributed by atoms with Crippen molar-refractivity contribution in [3.05, 3.63) is 35.4 Å². The molecule has 3 heterocycles. The summed E-state index contributed by atoms with van der Waals surface area (Å²) in [5.74, 6) is 0.684. The van der Waals surface area contributed by atoms with Crippen LogP contribution in [-0.2, 0) is 7.05 Å². The van der Waals surface area contributed by atoms with E-state index in [0.717, 1.165) is 43.3 Å². The van der Waals surface area contributed by atoms with E-state index in [0.29, 0.717) is 5.69 Å². The Morgan fingerprint density at radius 1 is 1.22 bits per heavy atom. The third kappa shape index (κ3) is 3.67. The van der Waals surface area contributed by atoms with Gasteiger partial charge in [0.15, 0.2) is 0 Å². The first-order valence-corrected chi connectivity index (χ1v) is 7.89. The second-order valence-electron chi connectivity index (χ2n) is 6.06. The Balaban J connectivity index is 1.57. The molecule has 0 bridgehead atoms. The van der Waals surface area contributed by atoms with Crippen molar-refractivity contribution in [3.8, 4) is 0 Å². The molecule has 1 aliphatic rings. The maximum Gasteiger partial charge on any atom is 0.271 e. The third-order valence-electron chi connectivity index (χ3n) is 4.03. The fraction of sp³-hybridized carbons (Fsp3) is 0.500. The first-order chi connectivity index (χ1) is 11.0. The lowest BCUT2D eigenvalue weighted by molar-refractivity contribution is 0.0925. The summed E-state index contributed by atoms with van der Waals surface area (Å²) in [6.45, 7) is 5.65.